The van der Waals surface area contributed by atoms with Crippen LogP contribution in [0.4, 0.5) is 0 Å². The maximum atomic E-state index is 12.3. The molecule has 0 aliphatic heterocycles. The monoisotopic (exact) mass is 321 g/mol. The largest absolute Gasteiger partial charge is 0.469 e. The minimum atomic E-state index is -3.61. The minimum Gasteiger partial charge on any atom is -0.469 e. The number of hydrogen-bond acceptors (Lipinski definition) is 6. The summed E-state index contributed by atoms with van der Waals surface area (Å²) in [7, 11) is -0.834. The molecule has 0 radical (unpaired) electrons. The van der Waals surface area contributed by atoms with Crippen LogP contribution in [0.5, 0.6) is 0 Å². The fourth-order valence-electron chi connectivity index (χ4n) is 2.06. The third-order valence-electron chi connectivity index (χ3n) is 3.72. The first-order valence-electron chi connectivity index (χ1n) is 6.81. The van der Waals surface area contributed by atoms with Crippen molar-refractivity contribution in [1.29, 1.82) is 0 Å². The fourth-order valence-corrected chi connectivity index (χ4v) is 3.97. The molecule has 0 saturated heterocycles. The second-order valence-corrected chi connectivity index (χ2v) is 7.81. The van der Waals surface area contributed by atoms with Gasteiger partial charge in [0, 0.05) is 13.7 Å². The van der Waals surface area contributed by atoms with Crippen molar-refractivity contribution in [3.05, 3.63) is 0 Å². The maximum Gasteiger partial charge on any atom is 0.306 e. The zero-order chi connectivity index (χ0) is 16.1. The third-order valence-corrected chi connectivity index (χ3v) is 6.03. The molecule has 0 heterocycles. The van der Waals surface area contributed by atoms with Crippen LogP contribution in [0.2, 0.25) is 0 Å². The molecule has 21 heavy (non-hydrogen) atoms. The predicted molar refractivity (Wildman–Crippen MR) is 76.4 cm³/mol. The standard InChI is InChI=1S/C13H23NO6S/c1-10(12(16)14-6-7-19-2)21(17,18)9-13(4-5-13)8-11(15)20-3/h10H,4-9H2,1-3H3,(H,14,16). The highest BCUT2D eigenvalue weighted by molar-refractivity contribution is 7.92. The fraction of sp³-hybridized carbons (Fsp3) is 0.846. The van der Waals surface area contributed by atoms with Gasteiger partial charge in [-0.1, -0.05) is 0 Å². The Balaban J connectivity index is 2.60. The Morgan fingerprint density at radius 3 is 2.38 bits per heavy atom. The summed E-state index contributed by atoms with van der Waals surface area (Å²) in [5, 5.41) is 1.38. The Labute approximate surface area is 125 Å². The van der Waals surface area contributed by atoms with Gasteiger partial charge in [0.05, 0.1) is 25.9 Å². The van der Waals surface area contributed by atoms with Crippen LogP contribution in [-0.2, 0) is 28.9 Å². The van der Waals surface area contributed by atoms with Gasteiger partial charge >= 0.3 is 5.97 Å². The summed E-state index contributed by atoms with van der Waals surface area (Å²) in [6, 6.07) is 0. The van der Waals surface area contributed by atoms with Crippen molar-refractivity contribution in [1.82, 2.24) is 5.32 Å². The van der Waals surface area contributed by atoms with Gasteiger partial charge in [-0.15, -0.1) is 0 Å². The van der Waals surface area contributed by atoms with Gasteiger partial charge in [-0.05, 0) is 25.2 Å². The number of rotatable bonds is 9. The van der Waals surface area contributed by atoms with Crippen LogP contribution in [-0.4, -0.2) is 58.7 Å². The normalized spacial score (nSPS) is 17.9. The molecule has 1 fully saturated rings. The van der Waals surface area contributed by atoms with Crippen LogP contribution in [0, 0.1) is 5.41 Å². The van der Waals surface area contributed by atoms with Crippen molar-refractivity contribution in [2.45, 2.75) is 31.4 Å². The van der Waals surface area contributed by atoms with Crippen LogP contribution < -0.4 is 5.32 Å². The van der Waals surface area contributed by atoms with Gasteiger partial charge in [0.1, 0.15) is 5.25 Å². The second-order valence-electron chi connectivity index (χ2n) is 5.49. The smallest absolute Gasteiger partial charge is 0.306 e. The van der Waals surface area contributed by atoms with Crippen molar-refractivity contribution in [3.63, 3.8) is 0 Å². The summed E-state index contributed by atoms with van der Waals surface area (Å²) in [5.41, 5.74) is -0.549. The molecule has 1 saturated carbocycles. The predicted octanol–water partition coefficient (Wildman–Crippen LogP) is -0.104. The van der Waals surface area contributed by atoms with E-state index in [0.717, 1.165) is 0 Å². The highest BCUT2D eigenvalue weighted by atomic mass is 32.2. The average molecular weight is 321 g/mol. The molecule has 0 aromatic heterocycles. The summed E-state index contributed by atoms with van der Waals surface area (Å²) in [5.74, 6) is -1.12. The van der Waals surface area contributed by atoms with E-state index in [1.807, 2.05) is 0 Å². The summed E-state index contributed by atoms with van der Waals surface area (Å²) in [4.78, 5) is 23.1. The van der Waals surface area contributed by atoms with E-state index < -0.39 is 32.4 Å². The molecule has 8 heteroatoms. The number of hydrogen-bond donors (Lipinski definition) is 1. The molecule has 0 aromatic carbocycles. The third kappa shape index (κ3) is 5.28. The SMILES string of the molecule is COCCNC(=O)C(C)S(=O)(=O)CC1(CC(=O)OC)CC1. The summed E-state index contributed by atoms with van der Waals surface area (Å²) in [6.45, 7) is 1.96. The highest BCUT2D eigenvalue weighted by Crippen LogP contribution is 2.50. The first-order chi connectivity index (χ1) is 9.76. The van der Waals surface area contributed by atoms with Crippen molar-refractivity contribution in [2.24, 2.45) is 5.41 Å². The number of carbonyl (C=O) groups excluding carboxylic acids is 2. The van der Waals surface area contributed by atoms with Crippen LogP contribution in [0.25, 0.3) is 0 Å². The number of sulfone groups is 1. The van der Waals surface area contributed by atoms with E-state index in [4.69, 9.17) is 4.74 Å². The Bertz CT molecular complexity index is 483. The summed E-state index contributed by atoms with van der Waals surface area (Å²) >= 11 is 0. The number of nitrogens with one attached hydrogen (secondary N) is 1. The second kappa shape index (κ2) is 7.22. The first kappa shape index (κ1) is 17.9. The molecule has 1 aliphatic carbocycles. The van der Waals surface area contributed by atoms with E-state index in [0.29, 0.717) is 19.4 Å². The van der Waals surface area contributed by atoms with Crippen molar-refractivity contribution in [2.75, 3.05) is 33.1 Å². The Morgan fingerprint density at radius 1 is 1.29 bits per heavy atom. The quantitative estimate of drug-likeness (QED) is 0.470. The van der Waals surface area contributed by atoms with Gasteiger partial charge in [-0.3, -0.25) is 9.59 Å². The first-order valence-corrected chi connectivity index (χ1v) is 8.53. The molecule has 1 aliphatic rings. The number of methoxy groups -OCH3 is 2. The molecule has 1 unspecified atom stereocenters. The number of carbonyl (C=O) groups is 2. The molecule has 0 spiro atoms. The summed E-state index contributed by atoms with van der Waals surface area (Å²) < 4.78 is 33.9. The van der Waals surface area contributed by atoms with Gasteiger partial charge in [-0.25, -0.2) is 8.42 Å². The number of amides is 1. The lowest BCUT2D eigenvalue weighted by Crippen LogP contribution is -2.41. The van der Waals surface area contributed by atoms with E-state index in [1.54, 1.807) is 0 Å². The van der Waals surface area contributed by atoms with E-state index in [2.05, 4.69) is 10.1 Å². The molecule has 0 bridgehead atoms. The van der Waals surface area contributed by atoms with Crippen LogP contribution in [0.3, 0.4) is 0 Å². The van der Waals surface area contributed by atoms with Crippen molar-refractivity contribution in [3.8, 4) is 0 Å². The van der Waals surface area contributed by atoms with E-state index in [1.165, 1.54) is 21.1 Å². The molecular formula is C13H23NO6S. The maximum absolute atomic E-state index is 12.3. The van der Waals surface area contributed by atoms with Crippen molar-refractivity contribution < 1.29 is 27.5 Å². The van der Waals surface area contributed by atoms with Gasteiger partial charge in [0.2, 0.25) is 5.91 Å². The molecule has 1 N–H and O–H groups in total. The van der Waals surface area contributed by atoms with Crippen LogP contribution in [0.15, 0.2) is 0 Å². The van der Waals surface area contributed by atoms with E-state index >= 15 is 0 Å². The van der Waals surface area contributed by atoms with Gasteiger partial charge in [-0.2, -0.15) is 0 Å². The lowest BCUT2D eigenvalue weighted by Gasteiger charge is -2.18. The van der Waals surface area contributed by atoms with Crippen molar-refractivity contribution >= 4 is 21.7 Å². The Kier molecular flexibility index (Phi) is 6.15. The zero-order valence-electron chi connectivity index (χ0n) is 12.7. The highest BCUT2D eigenvalue weighted by Gasteiger charge is 2.49. The molecule has 7 nitrogen and oxygen atoms in total. The molecule has 1 atom stereocenters. The summed E-state index contributed by atoms with van der Waals surface area (Å²) in [6.07, 6.45) is 1.42. The van der Waals surface area contributed by atoms with Gasteiger partial charge in [0.15, 0.2) is 9.84 Å². The van der Waals surface area contributed by atoms with Crippen LogP contribution in [0.1, 0.15) is 26.2 Å². The lowest BCUT2D eigenvalue weighted by molar-refractivity contribution is -0.141. The molecule has 122 valence electrons. The van der Waals surface area contributed by atoms with Gasteiger partial charge < -0.3 is 14.8 Å². The minimum absolute atomic E-state index is 0.0841. The molecule has 0 aromatic rings. The average Bonchev–Trinajstić information content (AvgIpc) is 3.16. The number of ether oxygens (including phenoxy) is 2. The molecule has 1 amide bonds. The number of esters is 1. The zero-order valence-corrected chi connectivity index (χ0v) is 13.5. The van der Waals surface area contributed by atoms with E-state index in [9.17, 15) is 18.0 Å². The Hall–Kier alpha value is -1.15. The topological polar surface area (TPSA) is 98.8 Å². The van der Waals surface area contributed by atoms with Gasteiger partial charge in [0.25, 0.3) is 0 Å². The molecular weight excluding hydrogens is 298 g/mol. The van der Waals surface area contributed by atoms with Crippen LogP contribution >= 0.6 is 0 Å². The Morgan fingerprint density at radius 2 is 1.90 bits per heavy atom. The lowest BCUT2D eigenvalue weighted by atomic mass is 10.1. The molecule has 1 rings (SSSR count). The van der Waals surface area contributed by atoms with E-state index in [-0.39, 0.29) is 18.7 Å².